The summed E-state index contributed by atoms with van der Waals surface area (Å²) < 4.78 is 5.44. The molecule has 22 heavy (non-hydrogen) atoms. The first-order valence-electron chi connectivity index (χ1n) is 7.60. The molecule has 2 aromatic rings. The topological polar surface area (TPSA) is 58.4 Å². The summed E-state index contributed by atoms with van der Waals surface area (Å²) in [6.45, 7) is 0.762. The van der Waals surface area contributed by atoms with Crippen molar-refractivity contribution in [2.45, 2.75) is 31.8 Å². The van der Waals surface area contributed by atoms with Crippen LogP contribution < -0.4 is 5.32 Å². The molecule has 1 aliphatic carbocycles. The normalized spacial score (nSPS) is 17.3. The van der Waals surface area contributed by atoms with Gasteiger partial charge in [0.05, 0.1) is 0 Å². The monoisotopic (exact) mass is 299 g/mol. The maximum absolute atomic E-state index is 12.3. The Morgan fingerprint density at radius 1 is 1.36 bits per heavy atom. The number of benzene rings is 1. The molecule has 0 saturated carbocycles. The lowest BCUT2D eigenvalue weighted by Crippen LogP contribution is -2.38. The van der Waals surface area contributed by atoms with E-state index in [1.54, 1.807) is 0 Å². The molecular weight excluding hydrogens is 278 g/mol. The number of hydrogen-bond acceptors (Lipinski definition) is 4. The zero-order valence-corrected chi connectivity index (χ0v) is 13.0. The first kappa shape index (κ1) is 14.8. The number of rotatable bonds is 4. The number of nitrogens with zero attached hydrogens (tertiary/aromatic N) is 2. The lowest BCUT2D eigenvalue weighted by atomic mass is 9.91. The molecule has 1 unspecified atom stereocenters. The van der Waals surface area contributed by atoms with Crippen LogP contribution in [0.4, 0.5) is 0 Å². The summed E-state index contributed by atoms with van der Waals surface area (Å²) in [6.07, 6.45) is 2.51. The number of nitrogens with one attached hydrogen (secondary N) is 1. The fourth-order valence-corrected chi connectivity index (χ4v) is 2.87. The van der Waals surface area contributed by atoms with E-state index in [2.05, 4.69) is 15.4 Å². The van der Waals surface area contributed by atoms with Gasteiger partial charge in [0.15, 0.2) is 0 Å². The number of amides is 1. The quantitative estimate of drug-likeness (QED) is 0.938. The fourth-order valence-electron chi connectivity index (χ4n) is 2.87. The second-order valence-corrected chi connectivity index (χ2v) is 6.05. The minimum absolute atomic E-state index is 0.0142. The Balaban J connectivity index is 1.69. The summed E-state index contributed by atoms with van der Waals surface area (Å²) in [7, 11) is 4.02. The van der Waals surface area contributed by atoms with Crippen LogP contribution in [0.1, 0.15) is 33.8 Å². The minimum Gasteiger partial charge on any atom is -0.361 e. The number of aryl methyl sites for hydroxylation is 1. The highest BCUT2D eigenvalue weighted by atomic mass is 16.5. The summed E-state index contributed by atoms with van der Waals surface area (Å²) >= 11 is 0. The summed E-state index contributed by atoms with van der Waals surface area (Å²) in [4.78, 5) is 14.3. The van der Waals surface area contributed by atoms with Crippen LogP contribution in [0.5, 0.6) is 0 Å². The van der Waals surface area contributed by atoms with E-state index in [0.717, 1.165) is 37.3 Å². The van der Waals surface area contributed by atoms with Crippen molar-refractivity contribution < 1.29 is 9.32 Å². The average Bonchev–Trinajstić information content (AvgIpc) is 2.90. The van der Waals surface area contributed by atoms with Gasteiger partial charge in [-0.1, -0.05) is 23.4 Å². The Morgan fingerprint density at radius 2 is 2.14 bits per heavy atom. The Kier molecular flexibility index (Phi) is 4.24. The van der Waals surface area contributed by atoms with Gasteiger partial charge >= 0.3 is 0 Å². The van der Waals surface area contributed by atoms with Crippen molar-refractivity contribution in [1.29, 1.82) is 0 Å². The van der Waals surface area contributed by atoms with Gasteiger partial charge in [-0.3, -0.25) is 4.79 Å². The fraction of sp³-hybridized carbons (Fsp3) is 0.412. The molecule has 116 valence electrons. The molecule has 0 radical (unpaired) electrons. The van der Waals surface area contributed by atoms with Gasteiger partial charge in [-0.25, -0.2) is 0 Å². The Hall–Kier alpha value is -2.14. The van der Waals surface area contributed by atoms with Gasteiger partial charge in [0.25, 0.3) is 5.91 Å². The second kappa shape index (κ2) is 6.32. The molecule has 5 nitrogen and oxygen atoms in total. The molecule has 1 amide bonds. The van der Waals surface area contributed by atoms with Crippen molar-refractivity contribution in [3.05, 3.63) is 52.9 Å². The van der Waals surface area contributed by atoms with Crippen LogP contribution in [0.3, 0.4) is 0 Å². The molecule has 1 heterocycles. The van der Waals surface area contributed by atoms with E-state index in [1.165, 1.54) is 5.56 Å². The van der Waals surface area contributed by atoms with Crippen LogP contribution in [0.2, 0.25) is 0 Å². The molecule has 1 aromatic carbocycles. The van der Waals surface area contributed by atoms with E-state index in [9.17, 15) is 4.79 Å². The van der Waals surface area contributed by atoms with E-state index < -0.39 is 0 Å². The molecule has 0 bridgehead atoms. The summed E-state index contributed by atoms with van der Waals surface area (Å²) in [5.74, 6) is 0.960. The van der Waals surface area contributed by atoms with E-state index in [-0.39, 0.29) is 11.9 Å². The van der Waals surface area contributed by atoms with Crippen LogP contribution >= 0.6 is 0 Å². The van der Waals surface area contributed by atoms with Gasteiger partial charge in [0, 0.05) is 30.1 Å². The van der Waals surface area contributed by atoms with Gasteiger partial charge < -0.3 is 14.7 Å². The molecule has 0 spiro atoms. The van der Waals surface area contributed by atoms with Crippen molar-refractivity contribution in [1.82, 2.24) is 15.4 Å². The zero-order valence-electron chi connectivity index (χ0n) is 13.0. The molecule has 0 saturated heterocycles. The van der Waals surface area contributed by atoms with Crippen molar-refractivity contribution in [2.75, 3.05) is 14.1 Å². The van der Waals surface area contributed by atoms with Gasteiger partial charge in [0.1, 0.15) is 11.5 Å². The highest BCUT2D eigenvalue weighted by molar-refractivity contribution is 5.94. The third-order valence-corrected chi connectivity index (χ3v) is 3.96. The largest absolute Gasteiger partial charge is 0.361 e. The smallest absolute Gasteiger partial charge is 0.251 e. The van der Waals surface area contributed by atoms with Crippen LogP contribution in [0, 0.1) is 0 Å². The lowest BCUT2D eigenvalue weighted by Gasteiger charge is -2.23. The third-order valence-electron chi connectivity index (χ3n) is 3.96. The molecule has 1 atom stereocenters. The summed E-state index contributed by atoms with van der Waals surface area (Å²) in [6, 6.07) is 9.47. The van der Waals surface area contributed by atoms with Crippen molar-refractivity contribution in [2.24, 2.45) is 0 Å². The van der Waals surface area contributed by atoms with Crippen LogP contribution in [0.15, 0.2) is 34.9 Å². The van der Waals surface area contributed by atoms with Crippen LogP contribution in [-0.4, -0.2) is 36.1 Å². The third kappa shape index (κ3) is 3.20. The van der Waals surface area contributed by atoms with Crippen molar-refractivity contribution in [3.8, 4) is 0 Å². The molecule has 3 rings (SSSR count). The van der Waals surface area contributed by atoms with Crippen LogP contribution in [0.25, 0.3) is 0 Å². The molecule has 1 aromatic heterocycles. The maximum atomic E-state index is 12.3. The van der Waals surface area contributed by atoms with Gasteiger partial charge in [-0.05, 0) is 39.1 Å². The first-order valence-corrected chi connectivity index (χ1v) is 7.60. The number of carbonyl (C=O) groups is 1. The molecule has 0 aliphatic heterocycles. The first-order chi connectivity index (χ1) is 10.6. The summed E-state index contributed by atoms with van der Waals surface area (Å²) in [5.41, 5.74) is 2.85. The predicted molar refractivity (Wildman–Crippen MR) is 83.6 cm³/mol. The Bertz CT molecular complexity index is 649. The molecule has 0 fully saturated rings. The van der Waals surface area contributed by atoms with Crippen molar-refractivity contribution in [3.63, 3.8) is 0 Å². The predicted octanol–water partition coefficient (Wildman–Crippen LogP) is 2.02. The molecule has 5 heteroatoms. The maximum Gasteiger partial charge on any atom is 0.251 e. The molecular formula is C17H21N3O2. The SMILES string of the molecule is CN(C)Cc1noc2c1CC(NC(=O)c1ccccc1)CC2. The number of hydrogen-bond donors (Lipinski definition) is 1. The molecule has 1 aliphatic rings. The Morgan fingerprint density at radius 3 is 2.86 bits per heavy atom. The standard InChI is InChI=1S/C17H21N3O2/c1-20(2)11-15-14-10-13(8-9-16(14)22-19-15)18-17(21)12-6-4-3-5-7-12/h3-7,13H,8-11H2,1-2H3,(H,18,21). The van der Waals surface area contributed by atoms with Crippen molar-refractivity contribution >= 4 is 5.91 Å². The second-order valence-electron chi connectivity index (χ2n) is 6.05. The number of fused-ring (bicyclic) bond motifs is 1. The van der Waals surface area contributed by atoms with Gasteiger partial charge in [0.2, 0.25) is 0 Å². The van der Waals surface area contributed by atoms with E-state index in [0.29, 0.717) is 5.56 Å². The van der Waals surface area contributed by atoms with E-state index in [4.69, 9.17) is 4.52 Å². The number of carbonyl (C=O) groups excluding carboxylic acids is 1. The van der Waals surface area contributed by atoms with Gasteiger partial charge in [-0.2, -0.15) is 0 Å². The Labute approximate surface area is 130 Å². The zero-order chi connectivity index (χ0) is 15.5. The molecule has 1 N–H and O–H groups in total. The lowest BCUT2D eigenvalue weighted by molar-refractivity contribution is 0.0932. The number of aromatic nitrogens is 1. The van der Waals surface area contributed by atoms with Crippen LogP contribution in [-0.2, 0) is 19.4 Å². The van der Waals surface area contributed by atoms with E-state index in [1.807, 2.05) is 44.4 Å². The summed E-state index contributed by atoms with van der Waals surface area (Å²) in [5, 5.41) is 7.30. The minimum atomic E-state index is -0.0142. The highest BCUT2D eigenvalue weighted by Crippen LogP contribution is 2.25. The highest BCUT2D eigenvalue weighted by Gasteiger charge is 2.26. The average molecular weight is 299 g/mol. The van der Waals surface area contributed by atoms with E-state index >= 15 is 0 Å². The van der Waals surface area contributed by atoms with Gasteiger partial charge in [-0.15, -0.1) is 0 Å².